The van der Waals surface area contributed by atoms with E-state index in [-0.39, 0.29) is 11.8 Å². The number of amides is 1. The van der Waals surface area contributed by atoms with Crippen LogP contribution in [0.25, 0.3) is 0 Å². The van der Waals surface area contributed by atoms with Crippen molar-refractivity contribution in [1.82, 2.24) is 10.2 Å². The molecule has 2 unspecified atom stereocenters. The second-order valence-corrected chi connectivity index (χ2v) is 5.72. The van der Waals surface area contributed by atoms with Crippen LogP contribution in [0.5, 0.6) is 0 Å². The van der Waals surface area contributed by atoms with E-state index in [9.17, 15) is 9.90 Å². The standard InChI is InChI=1S/C14H21BrN2O2/c1-10(14(19)16-2)8-17(3)9-13(18)11-5-4-6-12(15)7-11/h4-7,10,13,18H,8-9H2,1-3H3,(H,16,19). The molecule has 0 spiro atoms. The summed E-state index contributed by atoms with van der Waals surface area (Å²) < 4.78 is 0.949. The Labute approximate surface area is 122 Å². The summed E-state index contributed by atoms with van der Waals surface area (Å²) in [5.74, 6) is -0.0755. The first-order chi connectivity index (χ1) is 8.93. The number of nitrogens with zero attached hydrogens (tertiary/aromatic N) is 1. The number of nitrogens with one attached hydrogen (secondary N) is 1. The second kappa shape index (κ2) is 7.62. The number of rotatable bonds is 6. The lowest BCUT2D eigenvalue weighted by Gasteiger charge is -2.23. The maximum absolute atomic E-state index is 11.4. The predicted octanol–water partition coefficient (Wildman–Crippen LogP) is 1.80. The monoisotopic (exact) mass is 328 g/mol. The van der Waals surface area contributed by atoms with Gasteiger partial charge in [0.2, 0.25) is 5.91 Å². The molecule has 19 heavy (non-hydrogen) atoms. The summed E-state index contributed by atoms with van der Waals surface area (Å²) in [5, 5.41) is 12.8. The highest BCUT2D eigenvalue weighted by molar-refractivity contribution is 9.10. The Kier molecular flexibility index (Phi) is 6.48. The van der Waals surface area contributed by atoms with Crippen LogP contribution in [0.1, 0.15) is 18.6 Å². The number of aliphatic hydroxyl groups is 1. The van der Waals surface area contributed by atoms with Gasteiger partial charge in [0.05, 0.1) is 6.10 Å². The van der Waals surface area contributed by atoms with E-state index in [0.717, 1.165) is 10.0 Å². The van der Waals surface area contributed by atoms with Crippen molar-refractivity contribution < 1.29 is 9.90 Å². The fourth-order valence-corrected chi connectivity index (χ4v) is 2.40. The van der Waals surface area contributed by atoms with Crippen molar-refractivity contribution in [3.63, 3.8) is 0 Å². The van der Waals surface area contributed by atoms with E-state index < -0.39 is 6.10 Å². The van der Waals surface area contributed by atoms with Crippen molar-refractivity contribution in [2.24, 2.45) is 5.92 Å². The molecule has 0 heterocycles. The van der Waals surface area contributed by atoms with Gasteiger partial charge in [-0.3, -0.25) is 4.79 Å². The Hall–Kier alpha value is -0.910. The van der Waals surface area contributed by atoms with Crippen LogP contribution in [0.4, 0.5) is 0 Å². The van der Waals surface area contributed by atoms with Gasteiger partial charge in [0.1, 0.15) is 0 Å². The van der Waals surface area contributed by atoms with E-state index in [1.807, 2.05) is 43.1 Å². The summed E-state index contributed by atoms with van der Waals surface area (Å²) in [5.41, 5.74) is 0.869. The number of carbonyl (C=O) groups excluding carboxylic acids is 1. The Morgan fingerprint density at radius 1 is 1.47 bits per heavy atom. The average Bonchev–Trinajstić information content (AvgIpc) is 2.37. The molecule has 0 aliphatic rings. The first-order valence-electron chi connectivity index (χ1n) is 6.27. The maximum atomic E-state index is 11.4. The fourth-order valence-electron chi connectivity index (χ4n) is 1.99. The minimum atomic E-state index is -0.556. The van der Waals surface area contributed by atoms with Gasteiger partial charge >= 0.3 is 0 Å². The molecule has 0 saturated heterocycles. The summed E-state index contributed by atoms with van der Waals surface area (Å²) >= 11 is 3.39. The smallest absolute Gasteiger partial charge is 0.223 e. The Bertz CT molecular complexity index is 426. The summed E-state index contributed by atoms with van der Waals surface area (Å²) in [4.78, 5) is 13.4. The molecule has 4 nitrogen and oxygen atoms in total. The van der Waals surface area contributed by atoms with Crippen molar-refractivity contribution in [1.29, 1.82) is 0 Å². The summed E-state index contributed by atoms with van der Waals surface area (Å²) in [6, 6.07) is 7.62. The summed E-state index contributed by atoms with van der Waals surface area (Å²) in [7, 11) is 3.54. The minimum Gasteiger partial charge on any atom is -0.387 e. The second-order valence-electron chi connectivity index (χ2n) is 4.81. The van der Waals surface area contributed by atoms with Crippen LogP contribution in [-0.2, 0) is 4.79 Å². The lowest BCUT2D eigenvalue weighted by molar-refractivity contribution is -0.124. The topological polar surface area (TPSA) is 52.6 Å². The SMILES string of the molecule is CNC(=O)C(C)CN(C)CC(O)c1cccc(Br)c1. The minimum absolute atomic E-state index is 0.0174. The predicted molar refractivity (Wildman–Crippen MR) is 79.8 cm³/mol. The molecule has 2 atom stereocenters. The van der Waals surface area contributed by atoms with Gasteiger partial charge in [-0.05, 0) is 24.7 Å². The van der Waals surface area contributed by atoms with Crippen LogP contribution in [0.15, 0.2) is 28.7 Å². The maximum Gasteiger partial charge on any atom is 0.223 e. The number of hydrogen-bond acceptors (Lipinski definition) is 3. The van der Waals surface area contributed by atoms with Crippen LogP contribution in [-0.4, -0.2) is 43.1 Å². The molecule has 1 aromatic carbocycles. The van der Waals surface area contributed by atoms with Gasteiger partial charge in [0, 0.05) is 30.5 Å². The summed E-state index contributed by atoms with van der Waals surface area (Å²) in [6.07, 6.45) is -0.556. The van der Waals surface area contributed by atoms with Crippen LogP contribution in [0.3, 0.4) is 0 Å². The molecule has 0 radical (unpaired) electrons. The van der Waals surface area contributed by atoms with E-state index in [1.54, 1.807) is 7.05 Å². The van der Waals surface area contributed by atoms with Crippen LogP contribution < -0.4 is 5.32 Å². The number of hydrogen-bond donors (Lipinski definition) is 2. The molecule has 106 valence electrons. The van der Waals surface area contributed by atoms with E-state index in [4.69, 9.17) is 0 Å². The van der Waals surface area contributed by atoms with Crippen molar-refractivity contribution in [2.45, 2.75) is 13.0 Å². The van der Waals surface area contributed by atoms with E-state index in [1.165, 1.54) is 0 Å². The lowest BCUT2D eigenvalue weighted by atomic mass is 10.1. The van der Waals surface area contributed by atoms with E-state index >= 15 is 0 Å². The molecular weight excluding hydrogens is 308 g/mol. The largest absolute Gasteiger partial charge is 0.387 e. The lowest BCUT2D eigenvalue weighted by Crippen LogP contribution is -2.36. The molecule has 2 N–H and O–H groups in total. The third-order valence-electron chi connectivity index (χ3n) is 3.00. The molecule has 1 aromatic rings. The molecule has 0 saturated carbocycles. The zero-order valence-corrected chi connectivity index (χ0v) is 13.1. The molecule has 0 fully saturated rings. The molecule has 5 heteroatoms. The highest BCUT2D eigenvalue weighted by atomic mass is 79.9. The Morgan fingerprint density at radius 3 is 2.74 bits per heavy atom. The molecule has 0 aromatic heterocycles. The van der Waals surface area contributed by atoms with E-state index in [2.05, 4.69) is 21.2 Å². The summed E-state index contributed by atoms with van der Waals surface area (Å²) in [6.45, 7) is 2.99. The Morgan fingerprint density at radius 2 is 2.16 bits per heavy atom. The molecule has 0 aliphatic heterocycles. The quantitative estimate of drug-likeness (QED) is 0.837. The normalized spacial score (nSPS) is 14.2. The zero-order chi connectivity index (χ0) is 14.4. The van der Waals surface area contributed by atoms with Gasteiger partial charge in [-0.25, -0.2) is 0 Å². The van der Waals surface area contributed by atoms with Crippen LogP contribution in [0.2, 0.25) is 0 Å². The number of likely N-dealkylation sites (N-methyl/N-ethyl adjacent to an activating group) is 1. The highest BCUT2D eigenvalue weighted by Gasteiger charge is 2.16. The van der Waals surface area contributed by atoms with E-state index in [0.29, 0.717) is 13.1 Å². The van der Waals surface area contributed by atoms with Gasteiger partial charge in [-0.15, -0.1) is 0 Å². The zero-order valence-electron chi connectivity index (χ0n) is 11.6. The highest BCUT2D eigenvalue weighted by Crippen LogP contribution is 2.19. The van der Waals surface area contributed by atoms with Crippen LogP contribution >= 0.6 is 15.9 Å². The van der Waals surface area contributed by atoms with Crippen LogP contribution in [0, 0.1) is 5.92 Å². The molecule has 0 bridgehead atoms. The number of halogens is 1. The Balaban J connectivity index is 2.52. The van der Waals surface area contributed by atoms with Gasteiger partial charge in [0.25, 0.3) is 0 Å². The van der Waals surface area contributed by atoms with Gasteiger partial charge in [-0.1, -0.05) is 35.0 Å². The average molecular weight is 329 g/mol. The van der Waals surface area contributed by atoms with Crippen molar-refractivity contribution in [2.75, 3.05) is 27.2 Å². The molecule has 0 aliphatic carbocycles. The molecule has 1 rings (SSSR count). The van der Waals surface area contributed by atoms with Crippen molar-refractivity contribution in [3.05, 3.63) is 34.3 Å². The van der Waals surface area contributed by atoms with Crippen molar-refractivity contribution >= 4 is 21.8 Å². The van der Waals surface area contributed by atoms with Crippen molar-refractivity contribution in [3.8, 4) is 0 Å². The van der Waals surface area contributed by atoms with Gasteiger partial charge < -0.3 is 15.3 Å². The number of benzene rings is 1. The molecular formula is C14H21BrN2O2. The number of carbonyl (C=O) groups is 1. The van der Waals surface area contributed by atoms with Gasteiger partial charge in [0.15, 0.2) is 0 Å². The first-order valence-corrected chi connectivity index (χ1v) is 7.07. The molecule has 1 amide bonds. The van der Waals surface area contributed by atoms with Gasteiger partial charge in [-0.2, -0.15) is 0 Å². The third kappa shape index (κ3) is 5.30. The first kappa shape index (κ1) is 16.1. The fraction of sp³-hybridized carbons (Fsp3) is 0.500. The third-order valence-corrected chi connectivity index (χ3v) is 3.49. The number of aliphatic hydroxyl groups excluding tert-OH is 1.